The Labute approximate surface area is 126 Å². The Hall–Kier alpha value is 0.423. The molecule has 0 radical (unpaired) electrons. The van der Waals surface area contributed by atoms with E-state index in [0.29, 0.717) is 0 Å². The second-order valence-electron chi connectivity index (χ2n) is 4.54. The van der Waals surface area contributed by atoms with Crippen molar-refractivity contribution in [3.05, 3.63) is 13.8 Å². The fourth-order valence-corrected chi connectivity index (χ4v) is 1.56. The molecule has 2 heteroatoms. The van der Waals surface area contributed by atoms with Gasteiger partial charge in [0.2, 0.25) is 0 Å². The van der Waals surface area contributed by atoms with E-state index in [1.165, 1.54) is 64.2 Å². The molecule has 0 aromatic heterocycles. The standard InChI is InChI=1S/2C8H17.O.Zn/c2*1-3-5-7-8-6-4-2;;/h2*1,3-8H2,2H3;;/q2*-1;;. The average Bonchev–Trinajstić information content (AvgIpc) is 2.43. The van der Waals surface area contributed by atoms with Crippen LogP contribution in [0.4, 0.5) is 0 Å². The van der Waals surface area contributed by atoms with Gasteiger partial charge in [0.15, 0.2) is 0 Å². The van der Waals surface area contributed by atoms with Crippen LogP contribution in [0.5, 0.6) is 0 Å². The first-order valence-corrected chi connectivity index (χ1v) is 8.91. The second kappa shape index (κ2) is 30.4. The molecule has 0 bridgehead atoms. The SMILES string of the molecule is [CH2-]CCCCCCC.[CH2-]CCCCCCC.[O]=[Zn]. The predicted octanol–water partition coefficient (Wildman–Crippen LogP) is 6.24. The maximum absolute atomic E-state index is 8.38. The number of hydrogen-bond donors (Lipinski definition) is 0. The molecule has 0 aromatic carbocycles. The zero-order valence-corrected chi connectivity index (χ0v) is 16.0. The quantitative estimate of drug-likeness (QED) is 0.265. The van der Waals surface area contributed by atoms with Crippen molar-refractivity contribution >= 4 is 0 Å². The molecule has 1 nitrogen and oxygen atoms in total. The van der Waals surface area contributed by atoms with Gasteiger partial charge in [-0.15, -0.1) is 0 Å². The van der Waals surface area contributed by atoms with Crippen LogP contribution in [0, 0.1) is 13.8 Å². The van der Waals surface area contributed by atoms with Crippen molar-refractivity contribution in [3.63, 3.8) is 0 Å². The normalized spacial score (nSPS) is 9.00. The molecule has 0 aromatic rings. The van der Waals surface area contributed by atoms with Gasteiger partial charge in [-0.25, -0.2) is 0 Å². The van der Waals surface area contributed by atoms with E-state index in [9.17, 15) is 0 Å². The van der Waals surface area contributed by atoms with Crippen LogP contribution < -0.4 is 0 Å². The molecule has 0 heterocycles. The third kappa shape index (κ3) is 36.0. The summed E-state index contributed by atoms with van der Waals surface area (Å²) in [5.74, 6) is 0. The minimum absolute atomic E-state index is 0.125. The van der Waals surface area contributed by atoms with E-state index < -0.39 is 0 Å². The van der Waals surface area contributed by atoms with Gasteiger partial charge in [-0.3, -0.25) is 0 Å². The van der Waals surface area contributed by atoms with Gasteiger partial charge in [-0.05, 0) is 0 Å². The van der Waals surface area contributed by atoms with Crippen LogP contribution in [0.25, 0.3) is 0 Å². The van der Waals surface area contributed by atoms with E-state index in [1.807, 2.05) is 0 Å². The summed E-state index contributed by atoms with van der Waals surface area (Å²) in [7, 11) is 0. The van der Waals surface area contributed by atoms with Crippen LogP contribution in [-0.2, 0) is 21.8 Å². The zero-order chi connectivity index (χ0) is 14.5. The van der Waals surface area contributed by atoms with Crippen molar-refractivity contribution < 1.29 is 21.8 Å². The molecule has 0 rings (SSSR count). The Morgan fingerprint density at radius 1 is 0.611 bits per heavy atom. The first kappa shape index (κ1) is 23.5. The summed E-state index contributed by atoms with van der Waals surface area (Å²) in [5.41, 5.74) is 0. The summed E-state index contributed by atoms with van der Waals surface area (Å²) < 4.78 is 8.38. The van der Waals surface area contributed by atoms with E-state index in [4.69, 9.17) is 3.57 Å². The molecule has 0 fully saturated rings. The summed E-state index contributed by atoms with van der Waals surface area (Å²) in [4.78, 5) is 0. The molecule has 0 saturated carbocycles. The van der Waals surface area contributed by atoms with E-state index >= 15 is 0 Å². The van der Waals surface area contributed by atoms with E-state index in [0.717, 1.165) is 12.8 Å². The van der Waals surface area contributed by atoms with Gasteiger partial charge >= 0.3 is 21.8 Å². The summed E-state index contributed by atoms with van der Waals surface area (Å²) in [6.45, 7) is 12.0. The molecule has 0 aliphatic carbocycles. The van der Waals surface area contributed by atoms with Crippen molar-refractivity contribution in [2.24, 2.45) is 0 Å². The molecular formula is C16H34OZn-2. The third-order valence-electron chi connectivity index (χ3n) is 2.71. The van der Waals surface area contributed by atoms with Crippen LogP contribution in [0.2, 0.25) is 0 Å². The fourth-order valence-electron chi connectivity index (χ4n) is 1.56. The molecule has 0 aliphatic rings. The summed E-state index contributed by atoms with van der Waals surface area (Å²) in [6.07, 6.45) is 16.0. The predicted molar refractivity (Wildman–Crippen MR) is 78.2 cm³/mol. The van der Waals surface area contributed by atoms with Crippen LogP contribution in [0.15, 0.2) is 0 Å². The molecular weight excluding hydrogens is 274 g/mol. The number of rotatable bonds is 10. The minimum atomic E-state index is 0.125. The van der Waals surface area contributed by atoms with Gasteiger partial charge in [0.1, 0.15) is 0 Å². The van der Waals surface area contributed by atoms with Gasteiger partial charge < -0.3 is 13.8 Å². The van der Waals surface area contributed by atoms with Crippen molar-refractivity contribution in [1.29, 1.82) is 0 Å². The maximum atomic E-state index is 8.38. The molecule has 0 aliphatic heterocycles. The Bertz CT molecular complexity index is 83.3. The zero-order valence-electron chi connectivity index (χ0n) is 13.0. The summed E-state index contributed by atoms with van der Waals surface area (Å²) in [6, 6.07) is 0. The third-order valence-corrected chi connectivity index (χ3v) is 2.71. The molecule has 0 spiro atoms. The number of hydrogen-bond acceptors (Lipinski definition) is 1. The first-order valence-electron chi connectivity index (χ1n) is 7.70. The Morgan fingerprint density at radius 3 is 1.11 bits per heavy atom. The topological polar surface area (TPSA) is 17.1 Å². The molecule has 0 N–H and O–H groups in total. The number of unbranched alkanes of at least 4 members (excludes halogenated alkanes) is 10. The monoisotopic (exact) mass is 306 g/mol. The second-order valence-corrected chi connectivity index (χ2v) is 4.54. The Balaban J connectivity index is -0.000000219. The Morgan fingerprint density at radius 2 is 0.889 bits per heavy atom. The average molecular weight is 308 g/mol. The fraction of sp³-hybridized carbons (Fsp3) is 0.875. The molecule has 0 amide bonds. The van der Waals surface area contributed by atoms with E-state index in [2.05, 4.69) is 27.7 Å². The van der Waals surface area contributed by atoms with E-state index in [1.54, 1.807) is 0 Å². The molecule has 18 heavy (non-hydrogen) atoms. The molecule has 0 saturated heterocycles. The van der Waals surface area contributed by atoms with Crippen molar-refractivity contribution in [1.82, 2.24) is 0 Å². The van der Waals surface area contributed by atoms with Gasteiger partial charge in [0.25, 0.3) is 0 Å². The van der Waals surface area contributed by atoms with Crippen molar-refractivity contribution in [2.45, 2.75) is 90.9 Å². The molecule has 0 atom stereocenters. The Kier molecular flexibility index (Phi) is 39.8. The van der Waals surface area contributed by atoms with E-state index in [-0.39, 0.29) is 18.3 Å². The van der Waals surface area contributed by atoms with Gasteiger partial charge in [0, 0.05) is 0 Å². The van der Waals surface area contributed by atoms with Gasteiger partial charge in [-0.2, -0.15) is 12.8 Å². The van der Waals surface area contributed by atoms with Crippen LogP contribution in [-0.4, -0.2) is 0 Å². The molecule has 108 valence electrons. The summed E-state index contributed by atoms with van der Waals surface area (Å²) in [5, 5.41) is 0. The van der Waals surface area contributed by atoms with Crippen LogP contribution in [0.1, 0.15) is 90.9 Å². The van der Waals surface area contributed by atoms with Gasteiger partial charge in [0.05, 0.1) is 0 Å². The first-order chi connectivity index (χ1) is 8.83. The van der Waals surface area contributed by atoms with Crippen LogP contribution >= 0.6 is 0 Å². The van der Waals surface area contributed by atoms with Crippen molar-refractivity contribution in [2.75, 3.05) is 0 Å². The van der Waals surface area contributed by atoms with Crippen LogP contribution in [0.3, 0.4) is 0 Å². The van der Waals surface area contributed by atoms with Gasteiger partial charge in [-0.1, -0.05) is 78.1 Å². The van der Waals surface area contributed by atoms with Crippen molar-refractivity contribution in [3.8, 4) is 0 Å². The summed E-state index contributed by atoms with van der Waals surface area (Å²) >= 11 is 0.125. The molecule has 0 unspecified atom stereocenters.